The topological polar surface area (TPSA) is 68.6 Å². The molecule has 26 heavy (non-hydrogen) atoms. The number of ether oxygens (including phenoxy) is 2. The fourth-order valence-electron chi connectivity index (χ4n) is 2.65. The highest BCUT2D eigenvalue weighted by atomic mass is 35.5. The van der Waals surface area contributed by atoms with Crippen LogP contribution < -0.4 is 10.1 Å². The summed E-state index contributed by atoms with van der Waals surface area (Å²) in [5.41, 5.74) is 1.33. The van der Waals surface area contributed by atoms with Crippen molar-refractivity contribution in [2.45, 2.75) is 13.7 Å². The molecule has 0 unspecified atom stereocenters. The van der Waals surface area contributed by atoms with Crippen LogP contribution >= 0.6 is 11.6 Å². The van der Waals surface area contributed by atoms with Gasteiger partial charge in [0.2, 0.25) is 0 Å². The molecule has 2 aromatic rings. The number of halogens is 1. The van der Waals surface area contributed by atoms with Crippen molar-refractivity contribution in [1.82, 2.24) is 20.0 Å². The van der Waals surface area contributed by atoms with Crippen LogP contribution in [0.1, 0.15) is 16.1 Å². The molecule has 1 saturated heterocycles. The number of carbonyl (C=O) groups excluding carboxylic acids is 1. The lowest BCUT2D eigenvalue weighted by Gasteiger charge is -2.26. The molecule has 0 aliphatic carbocycles. The van der Waals surface area contributed by atoms with Crippen LogP contribution in [0.3, 0.4) is 0 Å². The van der Waals surface area contributed by atoms with Crippen LogP contribution in [0.5, 0.6) is 5.75 Å². The number of carbonyl (C=O) groups is 1. The van der Waals surface area contributed by atoms with E-state index in [9.17, 15) is 4.79 Å². The van der Waals surface area contributed by atoms with Gasteiger partial charge in [0.05, 0.1) is 13.2 Å². The van der Waals surface area contributed by atoms with Crippen LogP contribution in [0.4, 0.5) is 0 Å². The highest BCUT2D eigenvalue weighted by molar-refractivity contribution is 6.31. The van der Waals surface area contributed by atoms with Crippen LogP contribution in [0.15, 0.2) is 30.5 Å². The number of hydrogen-bond acceptors (Lipinski definition) is 5. The van der Waals surface area contributed by atoms with Crippen LogP contribution in [0.2, 0.25) is 5.02 Å². The first-order chi connectivity index (χ1) is 12.6. The van der Waals surface area contributed by atoms with Gasteiger partial charge < -0.3 is 14.8 Å². The summed E-state index contributed by atoms with van der Waals surface area (Å²) in [6, 6.07) is 7.15. The second-order valence-electron chi connectivity index (χ2n) is 6.13. The third kappa shape index (κ3) is 5.20. The van der Waals surface area contributed by atoms with Gasteiger partial charge in [-0.3, -0.25) is 9.69 Å². The quantitative estimate of drug-likeness (QED) is 0.797. The van der Waals surface area contributed by atoms with E-state index in [0.717, 1.165) is 38.4 Å². The molecule has 0 atom stereocenters. The Morgan fingerprint density at radius 2 is 2.15 bits per heavy atom. The van der Waals surface area contributed by atoms with Gasteiger partial charge in [-0.1, -0.05) is 11.6 Å². The smallest absolute Gasteiger partial charge is 0.271 e. The summed E-state index contributed by atoms with van der Waals surface area (Å²) in [7, 11) is 0. The Labute approximate surface area is 157 Å². The van der Waals surface area contributed by atoms with Gasteiger partial charge in [0, 0.05) is 37.4 Å². The van der Waals surface area contributed by atoms with Gasteiger partial charge in [0.1, 0.15) is 11.4 Å². The van der Waals surface area contributed by atoms with Crippen molar-refractivity contribution < 1.29 is 14.3 Å². The molecule has 1 N–H and O–H groups in total. The zero-order valence-corrected chi connectivity index (χ0v) is 15.5. The normalized spacial score (nSPS) is 15.0. The number of aromatic nitrogens is 2. The Morgan fingerprint density at radius 3 is 2.92 bits per heavy atom. The molecule has 140 valence electrons. The van der Waals surface area contributed by atoms with E-state index in [2.05, 4.69) is 15.3 Å². The van der Waals surface area contributed by atoms with E-state index in [-0.39, 0.29) is 12.6 Å². The van der Waals surface area contributed by atoms with Crippen molar-refractivity contribution in [1.29, 1.82) is 0 Å². The number of nitrogens with zero attached hydrogens (tertiary/aromatic N) is 3. The monoisotopic (exact) mass is 378 g/mol. The minimum Gasteiger partial charge on any atom is -0.471 e. The molecule has 0 bridgehead atoms. The number of amides is 1. The highest BCUT2D eigenvalue weighted by Crippen LogP contribution is 2.21. The molecule has 1 aromatic heterocycles. The van der Waals surface area contributed by atoms with Gasteiger partial charge >= 0.3 is 0 Å². The summed E-state index contributed by atoms with van der Waals surface area (Å²) in [5, 5.41) is 7.85. The third-order valence-corrected chi connectivity index (χ3v) is 4.61. The SMILES string of the molecule is Cc1cc(OCn2ccc(C(=O)NCCN3CCOCC3)n2)ccc1Cl. The van der Waals surface area contributed by atoms with Crippen molar-refractivity contribution in [3.05, 3.63) is 46.7 Å². The third-order valence-electron chi connectivity index (χ3n) is 4.18. The maximum atomic E-state index is 12.2. The molecule has 7 nitrogen and oxygen atoms in total. The molecule has 3 rings (SSSR count). The summed E-state index contributed by atoms with van der Waals surface area (Å²) in [6.45, 7) is 6.88. The molecule has 1 aliphatic rings. The minimum absolute atomic E-state index is 0.181. The van der Waals surface area contributed by atoms with Crippen molar-refractivity contribution >= 4 is 17.5 Å². The first kappa shape index (κ1) is 18.7. The number of benzene rings is 1. The predicted octanol–water partition coefficient (Wildman–Crippen LogP) is 1.94. The van der Waals surface area contributed by atoms with Crippen molar-refractivity contribution in [2.24, 2.45) is 0 Å². The molecule has 0 spiro atoms. The zero-order valence-electron chi connectivity index (χ0n) is 14.8. The fraction of sp³-hybridized carbons (Fsp3) is 0.444. The number of morpholine rings is 1. The first-order valence-corrected chi connectivity index (χ1v) is 9.00. The fourth-order valence-corrected chi connectivity index (χ4v) is 2.76. The van der Waals surface area contributed by atoms with Crippen LogP contribution in [0.25, 0.3) is 0 Å². The largest absolute Gasteiger partial charge is 0.471 e. The maximum Gasteiger partial charge on any atom is 0.271 e. The van der Waals surface area contributed by atoms with Crippen molar-refractivity contribution in [3.8, 4) is 5.75 Å². The van der Waals surface area contributed by atoms with Gasteiger partial charge in [-0.25, -0.2) is 4.68 Å². The average molecular weight is 379 g/mol. The summed E-state index contributed by atoms with van der Waals surface area (Å²) in [4.78, 5) is 14.4. The van der Waals surface area contributed by atoms with Gasteiger partial charge in [-0.2, -0.15) is 5.10 Å². The van der Waals surface area contributed by atoms with E-state index in [1.165, 1.54) is 0 Å². The standard InChI is InChI=1S/C18H23ClN4O3/c1-14-12-15(2-3-16(14)19)26-13-23-6-4-17(21-23)18(24)20-5-7-22-8-10-25-11-9-22/h2-4,6,12H,5,7-11,13H2,1H3,(H,20,24). The van der Waals surface area contributed by atoms with E-state index in [0.29, 0.717) is 23.0 Å². The minimum atomic E-state index is -0.181. The van der Waals surface area contributed by atoms with Gasteiger partial charge in [0.25, 0.3) is 5.91 Å². The summed E-state index contributed by atoms with van der Waals surface area (Å²) in [5.74, 6) is 0.526. The first-order valence-electron chi connectivity index (χ1n) is 8.62. The lowest BCUT2D eigenvalue weighted by molar-refractivity contribution is 0.0383. The molecule has 2 heterocycles. The Kier molecular flexibility index (Phi) is 6.49. The van der Waals surface area contributed by atoms with E-state index >= 15 is 0 Å². The second-order valence-corrected chi connectivity index (χ2v) is 6.54. The van der Waals surface area contributed by atoms with Gasteiger partial charge in [0.15, 0.2) is 6.73 Å². The second kappa shape index (κ2) is 9.02. The molecule has 1 amide bonds. The van der Waals surface area contributed by atoms with E-state index in [1.807, 2.05) is 13.0 Å². The molecule has 8 heteroatoms. The molecular weight excluding hydrogens is 356 g/mol. The van der Waals surface area contributed by atoms with Gasteiger partial charge in [-0.15, -0.1) is 0 Å². The highest BCUT2D eigenvalue weighted by Gasteiger charge is 2.12. The van der Waals surface area contributed by atoms with Crippen molar-refractivity contribution in [3.63, 3.8) is 0 Å². The number of nitrogens with one attached hydrogen (secondary N) is 1. The zero-order chi connectivity index (χ0) is 18.4. The number of hydrogen-bond donors (Lipinski definition) is 1. The predicted molar refractivity (Wildman–Crippen MR) is 98.6 cm³/mol. The molecule has 0 saturated carbocycles. The van der Waals surface area contributed by atoms with Crippen LogP contribution in [-0.2, 0) is 11.5 Å². The van der Waals surface area contributed by atoms with Crippen LogP contribution in [0, 0.1) is 6.92 Å². The molecule has 1 aliphatic heterocycles. The molecular formula is C18H23ClN4O3. The number of rotatable bonds is 7. The summed E-state index contributed by atoms with van der Waals surface area (Å²) >= 11 is 6.00. The maximum absolute atomic E-state index is 12.2. The van der Waals surface area contributed by atoms with Crippen LogP contribution in [-0.4, -0.2) is 60.0 Å². The molecule has 1 aromatic carbocycles. The Balaban J connectivity index is 1.44. The average Bonchev–Trinajstić information content (AvgIpc) is 3.13. The van der Waals surface area contributed by atoms with E-state index in [1.54, 1.807) is 29.1 Å². The lowest BCUT2D eigenvalue weighted by Crippen LogP contribution is -2.41. The Hall–Kier alpha value is -2.09. The van der Waals surface area contributed by atoms with Crippen molar-refractivity contribution in [2.75, 3.05) is 39.4 Å². The Bertz CT molecular complexity index is 744. The summed E-state index contributed by atoms with van der Waals surface area (Å²) < 4.78 is 12.6. The molecule has 0 radical (unpaired) electrons. The lowest BCUT2D eigenvalue weighted by atomic mass is 10.2. The molecule has 1 fully saturated rings. The summed E-state index contributed by atoms with van der Waals surface area (Å²) in [6.07, 6.45) is 1.72. The van der Waals surface area contributed by atoms with E-state index < -0.39 is 0 Å². The Morgan fingerprint density at radius 1 is 1.35 bits per heavy atom. The van der Waals surface area contributed by atoms with E-state index in [4.69, 9.17) is 21.1 Å². The number of aryl methyl sites for hydroxylation is 1. The van der Waals surface area contributed by atoms with Gasteiger partial charge in [-0.05, 0) is 36.8 Å².